The Labute approximate surface area is 174 Å². The number of hydrogen-bond donors (Lipinski definition) is 2. The molecule has 0 aromatic carbocycles. The van der Waals surface area contributed by atoms with Crippen LogP contribution in [0.5, 0.6) is 0 Å². The first-order valence-electron chi connectivity index (χ1n) is 11.0. The second kappa shape index (κ2) is 7.11. The summed E-state index contributed by atoms with van der Waals surface area (Å²) in [5, 5.41) is 13.7. The van der Waals surface area contributed by atoms with Crippen LogP contribution in [0, 0.1) is 23.2 Å². The van der Waals surface area contributed by atoms with Crippen molar-refractivity contribution in [1.29, 1.82) is 0 Å². The molecule has 0 radical (unpaired) electrons. The molecule has 2 N–H and O–H groups in total. The molecule has 164 valence electrons. The number of aliphatic hydroxyl groups excluding tert-OH is 1. The Hall–Kier alpha value is -1.83. The van der Waals surface area contributed by atoms with Crippen LogP contribution in [-0.2, 0) is 11.0 Å². The Morgan fingerprint density at radius 3 is 2.63 bits per heavy atom. The van der Waals surface area contributed by atoms with Gasteiger partial charge in [-0.2, -0.15) is 13.2 Å². The monoisotopic (exact) mass is 423 g/mol. The smallest absolute Gasteiger partial charge is 0.393 e. The molecule has 8 heteroatoms. The van der Waals surface area contributed by atoms with Crippen LogP contribution < -0.4 is 10.2 Å². The lowest BCUT2D eigenvalue weighted by Gasteiger charge is -2.58. The molecule has 5 fully saturated rings. The van der Waals surface area contributed by atoms with Gasteiger partial charge in [0.05, 0.1) is 11.5 Å². The highest BCUT2D eigenvalue weighted by molar-refractivity contribution is 5.83. The Morgan fingerprint density at radius 2 is 1.93 bits per heavy atom. The van der Waals surface area contributed by atoms with E-state index in [2.05, 4.69) is 10.3 Å². The minimum absolute atomic E-state index is 0.0812. The summed E-state index contributed by atoms with van der Waals surface area (Å²) in [5.41, 5.74) is -1.26. The number of carbonyl (C=O) groups excluding carboxylic acids is 1. The lowest BCUT2D eigenvalue weighted by molar-refractivity contribution is -0.163. The molecule has 0 spiro atoms. The van der Waals surface area contributed by atoms with E-state index in [1.165, 1.54) is 6.07 Å². The fourth-order valence-corrected chi connectivity index (χ4v) is 6.67. The first kappa shape index (κ1) is 20.1. The van der Waals surface area contributed by atoms with Gasteiger partial charge in [0, 0.05) is 19.1 Å². The van der Waals surface area contributed by atoms with Gasteiger partial charge in [-0.15, -0.1) is 0 Å². The summed E-state index contributed by atoms with van der Waals surface area (Å²) in [5.74, 6) is 1.39. The van der Waals surface area contributed by atoms with Gasteiger partial charge in [-0.05, 0) is 74.8 Å². The first-order valence-corrected chi connectivity index (χ1v) is 11.0. The predicted octanol–water partition coefficient (Wildman–Crippen LogP) is 3.37. The molecule has 3 unspecified atom stereocenters. The highest BCUT2D eigenvalue weighted by atomic mass is 19.4. The second-order valence-electron chi connectivity index (χ2n) is 9.88. The third kappa shape index (κ3) is 3.47. The zero-order valence-corrected chi connectivity index (χ0v) is 16.9. The fraction of sp³-hybridized carbons (Fsp3) is 0.727. The van der Waals surface area contributed by atoms with Gasteiger partial charge >= 0.3 is 6.18 Å². The summed E-state index contributed by atoms with van der Waals surface area (Å²) in [6, 6.07) is 3.86. The van der Waals surface area contributed by atoms with Crippen molar-refractivity contribution in [1.82, 2.24) is 10.3 Å². The molecule has 5 nitrogen and oxygen atoms in total. The molecular weight excluding hydrogens is 395 g/mol. The maximum Gasteiger partial charge on any atom is 0.433 e. The molecule has 1 saturated heterocycles. The highest BCUT2D eigenvalue weighted by Crippen LogP contribution is 2.60. The van der Waals surface area contributed by atoms with Crippen LogP contribution in [0.15, 0.2) is 18.2 Å². The van der Waals surface area contributed by atoms with Gasteiger partial charge in [0.25, 0.3) is 0 Å². The van der Waals surface area contributed by atoms with E-state index < -0.39 is 11.9 Å². The molecule has 6 rings (SSSR count). The molecule has 30 heavy (non-hydrogen) atoms. The Kier molecular flexibility index (Phi) is 4.76. The number of carbonyl (C=O) groups is 1. The molecule has 4 bridgehead atoms. The number of halogens is 3. The van der Waals surface area contributed by atoms with Gasteiger partial charge in [-0.25, -0.2) is 4.98 Å². The zero-order chi connectivity index (χ0) is 21.1. The molecule has 1 aromatic rings. The van der Waals surface area contributed by atoms with Gasteiger partial charge < -0.3 is 15.3 Å². The molecule has 1 aromatic heterocycles. The van der Waals surface area contributed by atoms with Gasteiger partial charge in [0.2, 0.25) is 5.91 Å². The van der Waals surface area contributed by atoms with Crippen molar-refractivity contribution in [2.45, 2.75) is 63.3 Å². The van der Waals surface area contributed by atoms with Crippen LogP contribution in [-0.4, -0.2) is 41.2 Å². The summed E-state index contributed by atoms with van der Waals surface area (Å²) in [4.78, 5) is 19.0. The van der Waals surface area contributed by atoms with Gasteiger partial charge in [0.1, 0.15) is 11.5 Å². The molecule has 2 heterocycles. The van der Waals surface area contributed by atoms with Crippen molar-refractivity contribution in [2.24, 2.45) is 23.2 Å². The Balaban J connectivity index is 1.27. The van der Waals surface area contributed by atoms with Crippen LogP contribution in [0.1, 0.15) is 50.6 Å². The number of aromatic nitrogens is 1. The fourth-order valence-electron chi connectivity index (χ4n) is 6.67. The summed E-state index contributed by atoms with van der Waals surface area (Å²) in [6.45, 7) is 1.10. The molecule has 4 saturated carbocycles. The number of pyridine rings is 1. The normalized spacial score (nSPS) is 38.0. The maximum absolute atomic E-state index is 13.3. The number of nitrogens with zero attached hydrogens (tertiary/aromatic N) is 2. The van der Waals surface area contributed by atoms with E-state index in [4.69, 9.17) is 0 Å². The lowest BCUT2D eigenvalue weighted by Crippen LogP contribution is -2.60. The highest BCUT2D eigenvalue weighted by Gasteiger charge is 2.58. The molecule has 3 atom stereocenters. The van der Waals surface area contributed by atoms with Crippen molar-refractivity contribution in [3.8, 4) is 0 Å². The van der Waals surface area contributed by atoms with E-state index in [9.17, 15) is 23.1 Å². The van der Waals surface area contributed by atoms with Crippen LogP contribution >= 0.6 is 0 Å². The first-order chi connectivity index (χ1) is 14.2. The number of nitrogens with one attached hydrogen (secondary N) is 1. The number of amides is 1. The minimum atomic E-state index is -4.47. The number of rotatable bonds is 3. The average molecular weight is 423 g/mol. The number of anilines is 1. The van der Waals surface area contributed by atoms with Crippen LogP contribution in [0.4, 0.5) is 19.0 Å². The van der Waals surface area contributed by atoms with Gasteiger partial charge in [-0.1, -0.05) is 6.07 Å². The van der Waals surface area contributed by atoms with Gasteiger partial charge in [-0.3, -0.25) is 4.79 Å². The molecular formula is C22H28F3N3O2. The summed E-state index contributed by atoms with van der Waals surface area (Å²) in [6.07, 6.45) is 1.37. The molecule has 5 aliphatic rings. The van der Waals surface area contributed by atoms with Crippen molar-refractivity contribution in [2.75, 3.05) is 18.0 Å². The maximum atomic E-state index is 13.3. The van der Waals surface area contributed by atoms with E-state index >= 15 is 0 Å². The van der Waals surface area contributed by atoms with E-state index in [0.29, 0.717) is 24.8 Å². The molecule has 1 aliphatic heterocycles. The SMILES string of the molecule is O=C(NC1CCCN(c2cccc(C(F)(F)F)n2)C1)C12CC3CC(C1)C(O)C(C3)C2. The minimum Gasteiger partial charge on any atom is -0.393 e. The third-order valence-corrected chi connectivity index (χ3v) is 7.81. The van der Waals surface area contributed by atoms with E-state index in [1.807, 2.05) is 4.90 Å². The van der Waals surface area contributed by atoms with Crippen molar-refractivity contribution in [3.63, 3.8) is 0 Å². The predicted molar refractivity (Wildman–Crippen MR) is 105 cm³/mol. The summed E-state index contributed by atoms with van der Waals surface area (Å²) < 4.78 is 39.0. The van der Waals surface area contributed by atoms with Crippen molar-refractivity contribution >= 4 is 11.7 Å². The molecule has 1 amide bonds. The zero-order valence-electron chi connectivity index (χ0n) is 16.9. The van der Waals surface area contributed by atoms with Crippen molar-refractivity contribution in [3.05, 3.63) is 23.9 Å². The summed E-state index contributed by atoms with van der Waals surface area (Å²) >= 11 is 0. The standard InChI is InChI=1S/C22H28F3N3O2/c23-22(24,25)17-4-1-5-18(27-17)28-6-2-3-16(12-28)26-20(30)21-9-13-7-14(10-21)19(29)15(8-13)11-21/h1,4-5,13-16,19,29H,2-3,6-12H2,(H,26,30). The number of piperidine rings is 1. The quantitative estimate of drug-likeness (QED) is 0.783. The number of aliphatic hydroxyl groups is 1. The van der Waals surface area contributed by atoms with Gasteiger partial charge in [0.15, 0.2) is 0 Å². The lowest BCUT2D eigenvalue weighted by atomic mass is 9.48. The largest absolute Gasteiger partial charge is 0.433 e. The third-order valence-electron chi connectivity index (χ3n) is 7.81. The Bertz CT molecular complexity index is 814. The van der Waals surface area contributed by atoms with E-state index in [1.54, 1.807) is 6.07 Å². The average Bonchev–Trinajstić information content (AvgIpc) is 2.71. The van der Waals surface area contributed by atoms with Crippen LogP contribution in [0.3, 0.4) is 0 Å². The van der Waals surface area contributed by atoms with E-state index in [-0.39, 0.29) is 35.3 Å². The van der Waals surface area contributed by atoms with Crippen molar-refractivity contribution < 1.29 is 23.1 Å². The van der Waals surface area contributed by atoms with Crippen LogP contribution in [0.25, 0.3) is 0 Å². The number of hydrogen-bond acceptors (Lipinski definition) is 4. The topological polar surface area (TPSA) is 65.5 Å². The van der Waals surface area contributed by atoms with E-state index in [0.717, 1.165) is 51.0 Å². The summed E-state index contributed by atoms with van der Waals surface area (Å²) in [7, 11) is 0. The number of alkyl halides is 3. The molecule has 4 aliphatic carbocycles. The second-order valence-corrected chi connectivity index (χ2v) is 9.88. The Morgan fingerprint density at radius 1 is 1.20 bits per heavy atom. The van der Waals surface area contributed by atoms with Crippen LogP contribution in [0.2, 0.25) is 0 Å².